The Kier molecular flexibility index (Phi) is 2.92. The smallest absolute Gasteiger partial charge is 0.231 e. The van der Waals surface area contributed by atoms with Crippen LogP contribution in [-0.2, 0) is 21.4 Å². The van der Waals surface area contributed by atoms with Crippen LogP contribution in [0, 0.1) is 0 Å². The van der Waals surface area contributed by atoms with Gasteiger partial charge in [-0.05, 0) is 67.8 Å². The molecule has 5 nitrogen and oxygen atoms in total. The molecule has 5 rings (SSSR count). The number of rotatable bonds is 1. The number of hydrogen-bond acceptors (Lipinski definition) is 5. The van der Waals surface area contributed by atoms with Gasteiger partial charge in [-0.2, -0.15) is 0 Å². The fourth-order valence-corrected chi connectivity index (χ4v) is 5.01. The number of carbonyl (C=O) groups is 1. The zero-order valence-corrected chi connectivity index (χ0v) is 14.0. The third-order valence-corrected chi connectivity index (χ3v) is 6.30. The number of benzene rings is 1. The van der Waals surface area contributed by atoms with Crippen molar-refractivity contribution in [2.24, 2.45) is 0 Å². The van der Waals surface area contributed by atoms with E-state index in [2.05, 4.69) is 24.1 Å². The third-order valence-electron chi connectivity index (χ3n) is 6.30. The molecule has 0 aromatic heterocycles. The van der Waals surface area contributed by atoms with Gasteiger partial charge in [-0.15, -0.1) is 0 Å². The molecule has 0 spiro atoms. The van der Waals surface area contributed by atoms with Crippen LogP contribution in [0.15, 0.2) is 23.8 Å². The van der Waals surface area contributed by atoms with Crippen molar-refractivity contribution in [3.05, 3.63) is 34.9 Å². The maximum absolute atomic E-state index is 12.4. The lowest BCUT2D eigenvalue weighted by Crippen LogP contribution is -2.57. The van der Waals surface area contributed by atoms with Gasteiger partial charge in [0.05, 0.1) is 0 Å². The predicted molar refractivity (Wildman–Crippen MR) is 87.5 cm³/mol. The van der Waals surface area contributed by atoms with E-state index in [-0.39, 0.29) is 30.1 Å². The second kappa shape index (κ2) is 4.83. The van der Waals surface area contributed by atoms with Crippen LogP contribution in [0.2, 0.25) is 0 Å². The van der Waals surface area contributed by atoms with Crippen LogP contribution in [0.25, 0.3) is 0 Å². The van der Waals surface area contributed by atoms with E-state index in [1.807, 2.05) is 6.08 Å². The van der Waals surface area contributed by atoms with Gasteiger partial charge in [0.25, 0.3) is 0 Å². The number of ketones is 1. The molecule has 0 amide bonds. The van der Waals surface area contributed by atoms with Crippen LogP contribution in [0.5, 0.6) is 11.5 Å². The average molecular weight is 327 g/mol. The topological polar surface area (TPSA) is 48.0 Å². The lowest BCUT2D eigenvalue weighted by molar-refractivity contribution is -0.126. The molecule has 2 bridgehead atoms. The number of carbonyl (C=O) groups excluding carboxylic acids is 1. The number of likely N-dealkylation sites (N-methyl/N-ethyl adjacent to an activating group) is 1. The molecule has 0 saturated carbocycles. The van der Waals surface area contributed by atoms with Gasteiger partial charge in [0.15, 0.2) is 17.3 Å². The summed E-state index contributed by atoms with van der Waals surface area (Å²) in [5.41, 5.74) is 3.77. The minimum Gasteiger partial charge on any atom is -0.454 e. The Hall–Kier alpha value is -1.85. The molecule has 1 saturated heterocycles. The molecule has 126 valence electrons. The van der Waals surface area contributed by atoms with Gasteiger partial charge in [-0.3, -0.25) is 9.69 Å². The van der Waals surface area contributed by atoms with Crippen molar-refractivity contribution in [1.82, 2.24) is 4.90 Å². The summed E-state index contributed by atoms with van der Waals surface area (Å²) in [4.78, 5) is 14.8. The summed E-state index contributed by atoms with van der Waals surface area (Å²) in [6.45, 7) is 1.32. The quantitative estimate of drug-likeness (QED) is 0.787. The number of ether oxygens (including phenoxy) is 3. The standard InChI is InChI=1S/C19H21NO4/c1-20-4-3-19-9-18(22-2)15(21)7-13(19)14(20)5-11-6-16-17(8-12(11)19)24-10-23-16/h6-8,14,18H,3-5,9-10H2,1-2H3/t14-,18-,19-/m1/s1. The second-order valence-corrected chi connectivity index (χ2v) is 7.33. The van der Waals surface area contributed by atoms with Gasteiger partial charge in [-0.25, -0.2) is 0 Å². The Morgan fingerprint density at radius 1 is 1.29 bits per heavy atom. The van der Waals surface area contributed by atoms with E-state index in [0.29, 0.717) is 0 Å². The van der Waals surface area contributed by atoms with Crippen LogP contribution in [0.3, 0.4) is 0 Å². The Labute approximate surface area is 141 Å². The van der Waals surface area contributed by atoms with Crippen molar-refractivity contribution in [2.45, 2.75) is 36.8 Å². The molecule has 0 N–H and O–H groups in total. The highest BCUT2D eigenvalue weighted by Gasteiger charge is 2.53. The summed E-state index contributed by atoms with van der Waals surface area (Å²) in [6.07, 6.45) is 4.16. The summed E-state index contributed by atoms with van der Waals surface area (Å²) >= 11 is 0. The highest BCUT2D eigenvalue weighted by Crippen LogP contribution is 2.55. The highest BCUT2D eigenvalue weighted by molar-refractivity contribution is 5.96. The molecule has 1 aromatic carbocycles. The van der Waals surface area contributed by atoms with Crippen molar-refractivity contribution in [2.75, 3.05) is 27.5 Å². The number of methoxy groups -OCH3 is 1. The van der Waals surface area contributed by atoms with Gasteiger partial charge < -0.3 is 14.2 Å². The summed E-state index contributed by atoms with van der Waals surface area (Å²) in [7, 11) is 3.79. The Bertz CT molecular complexity index is 771. The van der Waals surface area contributed by atoms with E-state index in [0.717, 1.165) is 37.3 Å². The number of likely N-dealkylation sites (tertiary alicyclic amines) is 1. The van der Waals surface area contributed by atoms with Crippen LogP contribution < -0.4 is 9.47 Å². The largest absolute Gasteiger partial charge is 0.454 e. The molecular weight excluding hydrogens is 306 g/mol. The third kappa shape index (κ3) is 1.74. The van der Waals surface area contributed by atoms with Crippen LogP contribution in [-0.4, -0.2) is 50.3 Å². The SMILES string of the molecule is CO[C@@H]1C[C@]23CCN(C)[C@H](Cc4cc5c(cc42)OCO5)C3=CC1=O. The molecule has 2 heterocycles. The van der Waals surface area contributed by atoms with Crippen LogP contribution in [0.4, 0.5) is 0 Å². The maximum atomic E-state index is 12.4. The van der Waals surface area contributed by atoms with Crippen molar-refractivity contribution >= 4 is 5.78 Å². The zero-order valence-electron chi connectivity index (χ0n) is 14.0. The van der Waals surface area contributed by atoms with Crippen molar-refractivity contribution in [3.63, 3.8) is 0 Å². The van der Waals surface area contributed by atoms with E-state index < -0.39 is 0 Å². The summed E-state index contributed by atoms with van der Waals surface area (Å²) in [5, 5.41) is 0. The van der Waals surface area contributed by atoms with Crippen LogP contribution in [0.1, 0.15) is 24.0 Å². The molecule has 1 fully saturated rings. The highest BCUT2D eigenvalue weighted by atomic mass is 16.7. The van der Waals surface area contributed by atoms with E-state index in [9.17, 15) is 4.79 Å². The number of hydrogen-bond donors (Lipinski definition) is 0. The molecule has 2 aliphatic carbocycles. The first kappa shape index (κ1) is 14.5. The lowest BCUT2D eigenvalue weighted by atomic mass is 9.56. The molecular formula is C19H21NO4. The minimum atomic E-state index is -0.353. The number of fused-ring (bicyclic) bond motifs is 2. The summed E-state index contributed by atoms with van der Waals surface area (Å²) in [6, 6.07) is 4.57. The van der Waals surface area contributed by atoms with Gasteiger partial charge >= 0.3 is 0 Å². The fraction of sp³-hybridized carbons (Fsp3) is 0.526. The molecule has 2 aliphatic heterocycles. The van der Waals surface area contributed by atoms with Gasteiger partial charge in [-0.1, -0.05) is 0 Å². The molecule has 3 atom stereocenters. The molecule has 1 aromatic rings. The normalized spacial score (nSPS) is 33.8. The van der Waals surface area contributed by atoms with Crippen LogP contribution >= 0.6 is 0 Å². The molecule has 0 unspecified atom stereocenters. The average Bonchev–Trinajstić information content (AvgIpc) is 3.04. The van der Waals surface area contributed by atoms with Crippen molar-refractivity contribution in [3.8, 4) is 11.5 Å². The van der Waals surface area contributed by atoms with Crippen molar-refractivity contribution in [1.29, 1.82) is 0 Å². The Morgan fingerprint density at radius 2 is 2.08 bits per heavy atom. The summed E-state index contributed by atoms with van der Waals surface area (Å²) in [5.74, 6) is 1.77. The fourth-order valence-electron chi connectivity index (χ4n) is 5.01. The van der Waals surface area contributed by atoms with Gasteiger partial charge in [0.2, 0.25) is 6.79 Å². The van der Waals surface area contributed by atoms with E-state index in [1.54, 1.807) is 7.11 Å². The Balaban J connectivity index is 1.74. The second-order valence-electron chi connectivity index (χ2n) is 7.33. The zero-order chi connectivity index (χ0) is 16.5. The molecule has 5 heteroatoms. The van der Waals surface area contributed by atoms with Crippen molar-refractivity contribution < 1.29 is 19.0 Å². The van der Waals surface area contributed by atoms with Gasteiger partial charge in [0, 0.05) is 18.6 Å². The maximum Gasteiger partial charge on any atom is 0.231 e. The summed E-state index contributed by atoms with van der Waals surface area (Å²) < 4.78 is 16.7. The number of piperidine rings is 1. The van der Waals surface area contributed by atoms with E-state index in [4.69, 9.17) is 14.2 Å². The molecule has 0 radical (unpaired) electrons. The lowest BCUT2D eigenvalue weighted by Gasteiger charge is -2.54. The molecule has 4 aliphatic rings. The Morgan fingerprint density at radius 3 is 2.88 bits per heavy atom. The number of nitrogens with zero attached hydrogens (tertiary/aromatic N) is 1. The van der Waals surface area contributed by atoms with E-state index in [1.165, 1.54) is 16.7 Å². The predicted octanol–water partition coefficient (Wildman–Crippen LogP) is 1.83. The first-order chi connectivity index (χ1) is 11.6. The first-order valence-electron chi connectivity index (χ1n) is 8.54. The minimum absolute atomic E-state index is 0.104. The van der Waals surface area contributed by atoms with Gasteiger partial charge in [0.1, 0.15) is 6.10 Å². The van der Waals surface area contributed by atoms with E-state index >= 15 is 0 Å². The molecule has 24 heavy (non-hydrogen) atoms. The first-order valence-corrected chi connectivity index (χ1v) is 8.54. The monoisotopic (exact) mass is 327 g/mol.